The van der Waals surface area contributed by atoms with Crippen LogP contribution in [0.4, 0.5) is 0 Å². The van der Waals surface area contributed by atoms with Gasteiger partial charge >= 0.3 is 59.1 Å². The Hall–Kier alpha value is 1.09. The minimum Gasteiger partial charge on any atom is -0.793 e. The Balaban J connectivity index is 0.00000180. The van der Waals surface area contributed by atoms with Crippen LogP contribution in [0.2, 0.25) is 0 Å². The predicted octanol–water partition coefficient (Wildman–Crippen LogP) is -7.11. The summed E-state index contributed by atoms with van der Waals surface area (Å²) < 4.78 is 23.8. The number of aromatic amines is 2. The molecular weight excluding hydrogens is 347 g/mol. The Bertz CT molecular complexity index is 569. The summed E-state index contributed by atoms with van der Waals surface area (Å²) in [6.07, 6.45) is 4.89. The monoisotopic (exact) mass is 354 g/mol. The first kappa shape index (κ1) is 21.1. The van der Waals surface area contributed by atoms with Gasteiger partial charge in [-0.25, -0.2) is 9.97 Å². The van der Waals surface area contributed by atoms with Gasteiger partial charge in [-0.05, 0) is 0 Å². The van der Waals surface area contributed by atoms with Crippen LogP contribution in [0.1, 0.15) is 0 Å². The van der Waals surface area contributed by atoms with E-state index in [0.717, 1.165) is 0 Å². The van der Waals surface area contributed by atoms with Gasteiger partial charge in [-0.15, -0.1) is 11.6 Å². The van der Waals surface area contributed by atoms with E-state index in [2.05, 4.69) is 19.9 Å². The standard InChI is InChI=1S/C7H9ClN4O4P2.2Na/c8-5(17(13,14)6-9-1-2-10-6)18(15,16)7-11-3-4-12-7;;/h1-5H,(H,9,10)(H,11,12)(H,13,14)(H,15,16);;/q;2*+1/p-2. The summed E-state index contributed by atoms with van der Waals surface area (Å²) in [7, 11) is -9.28. The number of nitrogens with zero attached hydrogens (tertiary/aromatic N) is 2. The Labute approximate surface area is 163 Å². The summed E-state index contributed by atoms with van der Waals surface area (Å²) in [5, 5.41) is 0. The van der Waals surface area contributed by atoms with Crippen molar-refractivity contribution >= 4 is 37.5 Å². The van der Waals surface area contributed by atoms with Crippen molar-refractivity contribution in [3.8, 4) is 0 Å². The van der Waals surface area contributed by atoms with E-state index >= 15 is 0 Å². The maximum atomic E-state index is 11.9. The molecule has 2 aromatic rings. The molecule has 0 saturated heterocycles. The smallest absolute Gasteiger partial charge is 0.793 e. The van der Waals surface area contributed by atoms with Crippen LogP contribution in [0.3, 0.4) is 0 Å². The van der Waals surface area contributed by atoms with E-state index in [9.17, 15) is 18.9 Å². The van der Waals surface area contributed by atoms with Gasteiger partial charge < -0.3 is 28.9 Å². The minimum absolute atomic E-state index is 0. The van der Waals surface area contributed by atoms with Crippen molar-refractivity contribution in [2.24, 2.45) is 0 Å². The normalized spacial score (nSPS) is 17.9. The van der Waals surface area contributed by atoms with E-state index in [4.69, 9.17) is 11.6 Å². The molecule has 0 aliphatic carbocycles. The molecule has 2 N–H and O–H groups in total. The fourth-order valence-corrected chi connectivity index (χ4v) is 5.44. The van der Waals surface area contributed by atoms with Crippen molar-refractivity contribution in [1.82, 2.24) is 19.9 Å². The quantitative estimate of drug-likeness (QED) is 0.318. The van der Waals surface area contributed by atoms with Crippen molar-refractivity contribution < 1.29 is 78.0 Å². The van der Waals surface area contributed by atoms with Crippen LogP contribution in [0.15, 0.2) is 24.8 Å². The molecule has 8 nitrogen and oxygen atoms in total. The molecule has 0 aromatic carbocycles. The maximum absolute atomic E-state index is 11.9. The van der Waals surface area contributed by atoms with Gasteiger partial charge in [0, 0.05) is 24.8 Å². The first-order valence-electron chi connectivity index (χ1n) is 4.62. The van der Waals surface area contributed by atoms with Gasteiger partial charge in [0.05, 0.1) is 0 Å². The van der Waals surface area contributed by atoms with E-state index in [1.54, 1.807) is 0 Å². The first-order chi connectivity index (χ1) is 8.37. The SMILES string of the molecule is O=P([O-])(c1ncc[nH]1)C(Cl)P(=O)([O-])c1ncc[nH]1.[Na+].[Na+]. The summed E-state index contributed by atoms with van der Waals surface area (Å²) in [6.45, 7) is 0. The van der Waals surface area contributed by atoms with Crippen LogP contribution in [-0.4, -0.2) is 24.8 Å². The maximum Gasteiger partial charge on any atom is 1.00 e. The molecule has 0 amide bonds. The molecule has 0 aliphatic rings. The molecule has 0 saturated carbocycles. The summed E-state index contributed by atoms with van der Waals surface area (Å²) >= 11 is 5.58. The summed E-state index contributed by atoms with van der Waals surface area (Å²) in [4.78, 5) is 33.3. The van der Waals surface area contributed by atoms with Gasteiger partial charge in [-0.3, -0.25) is 0 Å². The molecule has 20 heavy (non-hydrogen) atoms. The number of halogens is 1. The van der Waals surface area contributed by atoms with Gasteiger partial charge in [-0.2, -0.15) is 0 Å². The number of nitrogens with one attached hydrogen (secondary N) is 2. The van der Waals surface area contributed by atoms with Gasteiger partial charge in [0.15, 0.2) is 11.1 Å². The number of hydrogen-bond acceptors (Lipinski definition) is 6. The Morgan fingerprint density at radius 3 is 1.60 bits per heavy atom. The third kappa shape index (κ3) is 4.09. The molecule has 0 radical (unpaired) electrons. The Morgan fingerprint density at radius 1 is 1.00 bits per heavy atom. The van der Waals surface area contributed by atoms with Crippen LogP contribution in [0.5, 0.6) is 0 Å². The van der Waals surface area contributed by atoms with E-state index in [-0.39, 0.29) is 59.1 Å². The zero-order valence-corrected chi connectivity index (χ0v) is 17.2. The van der Waals surface area contributed by atoms with E-state index in [1.165, 1.54) is 24.8 Å². The molecule has 2 atom stereocenters. The van der Waals surface area contributed by atoms with Gasteiger partial charge in [-0.1, -0.05) is 0 Å². The topological polar surface area (TPSA) is 138 Å². The fourth-order valence-electron chi connectivity index (χ4n) is 1.26. The second-order valence-electron chi connectivity index (χ2n) is 3.33. The van der Waals surface area contributed by atoms with Crippen molar-refractivity contribution in [2.45, 2.75) is 4.86 Å². The molecule has 2 heterocycles. The third-order valence-electron chi connectivity index (χ3n) is 2.12. The molecule has 0 fully saturated rings. The summed E-state index contributed by atoms with van der Waals surface area (Å²) in [5.74, 6) is 0. The third-order valence-corrected chi connectivity index (χ3v) is 8.28. The van der Waals surface area contributed by atoms with E-state index in [0.29, 0.717) is 0 Å². The van der Waals surface area contributed by atoms with Crippen LogP contribution < -0.4 is 80.0 Å². The number of H-pyrrole nitrogens is 2. The van der Waals surface area contributed by atoms with Crippen LogP contribution in [0.25, 0.3) is 0 Å². The minimum atomic E-state index is -4.64. The molecule has 0 spiro atoms. The fraction of sp³-hybridized carbons (Fsp3) is 0.143. The van der Waals surface area contributed by atoms with Crippen molar-refractivity contribution in [3.63, 3.8) is 0 Å². The second kappa shape index (κ2) is 8.09. The van der Waals surface area contributed by atoms with Crippen molar-refractivity contribution in [3.05, 3.63) is 24.8 Å². The zero-order chi connectivity index (χ0) is 13.4. The predicted molar refractivity (Wildman–Crippen MR) is 61.3 cm³/mol. The van der Waals surface area contributed by atoms with Crippen LogP contribution in [0, 0.1) is 0 Å². The molecule has 2 aromatic heterocycles. The Morgan fingerprint density at radius 2 is 1.35 bits per heavy atom. The number of rotatable bonds is 4. The average Bonchev–Trinajstić information content (AvgIpc) is 3.00. The molecule has 2 unspecified atom stereocenters. The van der Waals surface area contributed by atoms with Crippen molar-refractivity contribution in [2.75, 3.05) is 0 Å². The zero-order valence-electron chi connectivity index (χ0n) is 10.7. The summed E-state index contributed by atoms with van der Waals surface area (Å²) in [6, 6.07) is 0. The molecule has 98 valence electrons. The molecule has 2 rings (SSSR count). The molecular formula is C7H7ClN4Na2O4P2. The van der Waals surface area contributed by atoms with Crippen LogP contribution >= 0.6 is 26.3 Å². The van der Waals surface area contributed by atoms with Gasteiger partial charge in [0.2, 0.25) is 0 Å². The van der Waals surface area contributed by atoms with Crippen molar-refractivity contribution in [1.29, 1.82) is 0 Å². The van der Waals surface area contributed by atoms with Gasteiger partial charge in [0.25, 0.3) is 0 Å². The number of aromatic nitrogens is 4. The van der Waals surface area contributed by atoms with Crippen LogP contribution in [-0.2, 0) is 9.13 Å². The number of hydrogen-bond donors (Lipinski definition) is 2. The number of imidazole rings is 2. The average molecular weight is 355 g/mol. The number of alkyl halides is 1. The first-order valence-corrected chi connectivity index (χ1v) is 8.44. The van der Waals surface area contributed by atoms with E-state index in [1.807, 2.05) is 0 Å². The molecule has 13 heteroatoms. The largest absolute Gasteiger partial charge is 1.00 e. The Kier molecular flexibility index (Phi) is 8.53. The molecule has 0 bridgehead atoms. The summed E-state index contributed by atoms with van der Waals surface area (Å²) in [5.41, 5.74) is -0.963. The van der Waals surface area contributed by atoms with Gasteiger partial charge in [0.1, 0.15) is 19.6 Å². The van der Waals surface area contributed by atoms with E-state index < -0.39 is 30.7 Å². The molecule has 0 aliphatic heterocycles. The second-order valence-corrected chi connectivity index (χ2v) is 9.05.